The highest BCUT2D eigenvalue weighted by Crippen LogP contribution is 2.27. The Morgan fingerprint density at radius 2 is 1.91 bits per heavy atom. The van der Waals surface area contributed by atoms with Crippen LogP contribution in [0, 0.1) is 12.8 Å². The van der Waals surface area contributed by atoms with E-state index < -0.39 is 0 Å². The second-order valence-electron chi connectivity index (χ2n) is 9.25. The maximum atomic E-state index is 12.8. The number of hydrogen-bond acceptors (Lipinski definition) is 6. The summed E-state index contributed by atoms with van der Waals surface area (Å²) in [5.74, 6) is 2.85. The summed E-state index contributed by atoms with van der Waals surface area (Å²) in [5, 5.41) is 4.02. The van der Waals surface area contributed by atoms with Gasteiger partial charge in [-0.2, -0.15) is 4.98 Å². The van der Waals surface area contributed by atoms with E-state index in [0.29, 0.717) is 24.1 Å². The number of nitrogens with zero attached hydrogens (tertiary/aromatic N) is 6. The molecule has 0 aromatic carbocycles. The van der Waals surface area contributed by atoms with E-state index in [-0.39, 0.29) is 11.9 Å². The van der Waals surface area contributed by atoms with E-state index in [4.69, 9.17) is 4.52 Å². The third-order valence-corrected chi connectivity index (χ3v) is 6.15. The SMILES string of the molecule is CCc1noc(C(CC(C)C)N(C)C(=O)CCCCCCCn2c(C)nc3cnccc32)n1. The molecular weight excluding hydrogens is 416 g/mol. The van der Waals surface area contributed by atoms with Gasteiger partial charge in [-0.1, -0.05) is 45.2 Å². The van der Waals surface area contributed by atoms with Crippen molar-refractivity contribution in [2.24, 2.45) is 5.92 Å². The molecule has 0 aliphatic rings. The summed E-state index contributed by atoms with van der Waals surface area (Å²) in [6.07, 6.45) is 11.1. The van der Waals surface area contributed by atoms with Crippen LogP contribution < -0.4 is 0 Å². The van der Waals surface area contributed by atoms with Gasteiger partial charge >= 0.3 is 0 Å². The monoisotopic (exact) mass is 454 g/mol. The minimum atomic E-state index is -0.159. The highest BCUT2D eigenvalue weighted by Gasteiger charge is 2.27. The number of aromatic nitrogens is 5. The lowest BCUT2D eigenvalue weighted by Gasteiger charge is -2.26. The number of aryl methyl sites for hydroxylation is 3. The van der Waals surface area contributed by atoms with Crippen molar-refractivity contribution >= 4 is 16.9 Å². The lowest BCUT2D eigenvalue weighted by atomic mass is 10.0. The average molecular weight is 455 g/mol. The predicted molar refractivity (Wildman–Crippen MR) is 129 cm³/mol. The Hall–Kier alpha value is -2.77. The van der Waals surface area contributed by atoms with Gasteiger partial charge in [-0.25, -0.2) is 4.98 Å². The minimum Gasteiger partial charge on any atom is -0.337 e. The lowest BCUT2D eigenvalue weighted by Crippen LogP contribution is -2.32. The first-order valence-electron chi connectivity index (χ1n) is 12.3. The molecule has 3 aromatic rings. The predicted octanol–water partition coefficient (Wildman–Crippen LogP) is 5.27. The van der Waals surface area contributed by atoms with Crippen LogP contribution in [0.1, 0.15) is 89.3 Å². The molecule has 0 saturated carbocycles. The van der Waals surface area contributed by atoms with Crippen LogP contribution in [0.2, 0.25) is 0 Å². The van der Waals surface area contributed by atoms with Crippen LogP contribution in [0.3, 0.4) is 0 Å². The van der Waals surface area contributed by atoms with Crippen molar-refractivity contribution < 1.29 is 9.32 Å². The largest absolute Gasteiger partial charge is 0.337 e. The van der Waals surface area contributed by atoms with Crippen molar-refractivity contribution in [3.63, 3.8) is 0 Å². The van der Waals surface area contributed by atoms with Gasteiger partial charge < -0.3 is 14.0 Å². The molecule has 0 spiro atoms. The van der Waals surface area contributed by atoms with Crippen molar-refractivity contribution in [1.29, 1.82) is 0 Å². The Morgan fingerprint density at radius 3 is 2.64 bits per heavy atom. The summed E-state index contributed by atoms with van der Waals surface area (Å²) < 4.78 is 7.73. The van der Waals surface area contributed by atoms with Gasteiger partial charge in [0.25, 0.3) is 0 Å². The van der Waals surface area contributed by atoms with Crippen LogP contribution in [0.5, 0.6) is 0 Å². The minimum absolute atomic E-state index is 0.144. The Labute approximate surface area is 196 Å². The number of hydrogen-bond donors (Lipinski definition) is 0. The van der Waals surface area contributed by atoms with Crippen molar-refractivity contribution in [2.75, 3.05) is 7.05 Å². The summed E-state index contributed by atoms with van der Waals surface area (Å²) in [6.45, 7) is 9.30. The zero-order valence-electron chi connectivity index (χ0n) is 20.8. The maximum Gasteiger partial charge on any atom is 0.249 e. The number of carbonyl (C=O) groups excluding carboxylic acids is 1. The number of imidazole rings is 1. The Morgan fingerprint density at radius 1 is 1.15 bits per heavy atom. The summed E-state index contributed by atoms with van der Waals surface area (Å²) >= 11 is 0. The summed E-state index contributed by atoms with van der Waals surface area (Å²) in [6, 6.07) is 1.87. The van der Waals surface area contributed by atoms with Gasteiger partial charge in [-0.3, -0.25) is 9.78 Å². The van der Waals surface area contributed by atoms with E-state index in [1.165, 1.54) is 0 Å². The van der Waals surface area contributed by atoms with Crippen LogP contribution in [0.15, 0.2) is 23.0 Å². The molecule has 1 atom stereocenters. The molecule has 0 radical (unpaired) electrons. The number of fused-ring (bicyclic) bond motifs is 1. The fourth-order valence-electron chi connectivity index (χ4n) is 4.23. The van der Waals surface area contributed by atoms with Gasteiger partial charge in [0, 0.05) is 32.6 Å². The van der Waals surface area contributed by atoms with Crippen LogP contribution in [0.4, 0.5) is 0 Å². The first-order valence-corrected chi connectivity index (χ1v) is 12.3. The first kappa shape index (κ1) is 24.9. The zero-order chi connectivity index (χ0) is 23.8. The lowest BCUT2D eigenvalue weighted by molar-refractivity contribution is -0.133. The Kier molecular flexibility index (Phi) is 8.97. The molecule has 3 heterocycles. The maximum absolute atomic E-state index is 12.8. The van der Waals surface area contributed by atoms with E-state index in [1.54, 1.807) is 4.90 Å². The van der Waals surface area contributed by atoms with Gasteiger partial charge in [0.15, 0.2) is 5.82 Å². The molecule has 1 unspecified atom stereocenters. The standard InChI is InChI=1S/C25H38N6O2/c1-6-23-28-25(33-29-23)22(16-18(2)3)30(5)24(32)12-10-8-7-9-11-15-31-19(4)27-20-17-26-14-13-21(20)31/h13-14,17-18,22H,6-12,15-16H2,1-5H3. The van der Waals surface area contributed by atoms with Crippen molar-refractivity contribution in [3.8, 4) is 0 Å². The van der Waals surface area contributed by atoms with Gasteiger partial charge in [0.05, 0.1) is 11.7 Å². The molecule has 0 bridgehead atoms. The zero-order valence-corrected chi connectivity index (χ0v) is 20.8. The van der Waals surface area contributed by atoms with Gasteiger partial charge in [-0.15, -0.1) is 0 Å². The van der Waals surface area contributed by atoms with E-state index >= 15 is 0 Å². The topological polar surface area (TPSA) is 89.9 Å². The number of unbranched alkanes of at least 4 members (excludes halogenated alkanes) is 4. The number of rotatable bonds is 13. The van der Waals surface area contributed by atoms with E-state index in [1.807, 2.05) is 39.4 Å². The molecular formula is C25H38N6O2. The summed E-state index contributed by atoms with van der Waals surface area (Å²) in [5.41, 5.74) is 2.11. The third-order valence-electron chi connectivity index (χ3n) is 6.15. The Bertz CT molecular complexity index is 1030. The van der Waals surface area contributed by atoms with E-state index in [2.05, 4.69) is 38.5 Å². The van der Waals surface area contributed by atoms with Crippen molar-refractivity contribution in [2.45, 2.75) is 91.6 Å². The van der Waals surface area contributed by atoms with Crippen molar-refractivity contribution in [3.05, 3.63) is 36.0 Å². The highest BCUT2D eigenvalue weighted by atomic mass is 16.5. The highest BCUT2D eigenvalue weighted by molar-refractivity contribution is 5.76. The molecule has 33 heavy (non-hydrogen) atoms. The van der Waals surface area contributed by atoms with Gasteiger partial charge in [0.1, 0.15) is 17.4 Å². The summed E-state index contributed by atoms with van der Waals surface area (Å²) in [7, 11) is 1.86. The fraction of sp³-hybridized carbons (Fsp3) is 0.640. The molecule has 0 fully saturated rings. The van der Waals surface area contributed by atoms with Crippen LogP contribution in [0.25, 0.3) is 11.0 Å². The molecule has 0 aliphatic heterocycles. The number of amides is 1. The van der Waals surface area contributed by atoms with Crippen LogP contribution in [-0.2, 0) is 17.8 Å². The van der Waals surface area contributed by atoms with Crippen LogP contribution >= 0.6 is 0 Å². The normalized spacial score (nSPS) is 12.5. The van der Waals surface area contributed by atoms with E-state index in [9.17, 15) is 4.79 Å². The molecule has 8 heteroatoms. The van der Waals surface area contributed by atoms with E-state index in [0.717, 1.165) is 68.3 Å². The second-order valence-corrected chi connectivity index (χ2v) is 9.25. The summed E-state index contributed by atoms with van der Waals surface area (Å²) in [4.78, 5) is 27.9. The molecule has 0 N–H and O–H groups in total. The molecule has 0 aliphatic carbocycles. The third kappa shape index (κ3) is 6.62. The molecule has 1 amide bonds. The molecule has 180 valence electrons. The fourth-order valence-corrected chi connectivity index (χ4v) is 4.23. The molecule has 8 nitrogen and oxygen atoms in total. The second kappa shape index (κ2) is 11.9. The first-order chi connectivity index (χ1) is 15.9. The average Bonchev–Trinajstić information content (AvgIpc) is 3.40. The van der Waals surface area contributed by atoms with Crippen molar-refractivity contribution in [1.82, 2.24) is 29.6 Å². The van der Waals surface area contributed by atoms with Crippen LogP contribution in [-0.4, -0.2) is 42.5 Å². The smallest absolute Gasteiger partial charge is 0.249 e. The molecule has 3 rings (SSSR count). The molecule has 3 aromatic heterocycles. The van der Waals surface area contributed by atoms with Gasteiger partial charge in [0.2, 0.25) is 11.8 Å². The number of pyridine rings is 1. The Balaban J connectivity index is 1.40. The number of carbonyl (C=O) groups is 1. The van der Waals surface area contributed by atoms with Gasteiger partial charge in [-0.05, 0) is 38.2 Å². The molecule has 0 saturated heterocycles. The quantitative estimate of drug-likeness (QED) is 0.327.